The van der Waals surface area contributed by atoms with Gasteiger partial charge in [-0.1, -0.05) is 41.9 Å². The maximum atomic E-state index is 13.4. The fourth-order valence-electron chi connectivity index (χ4n) is 4.39. The third-order valence-electron chi connectivity index (χ3n) is 6.36. The summed E-state index contributed by atoms with van der Waals surface area (Å²) in [6.07, 6.45) is 3.94. The predicted molar refractivity (Wildman–Crippen MR) is 129 cm³/mol. The zero-order valence-corrected chi connectivity index (χ0v) is 19.2. The summed E-state index contributed by atoms with van der Waals surface area (Å²) in [5.74, 6) is 0.173. The molecule has 3 aromatic rings. The van der Waals surface area contributed by atoms with Crippen molar-refractivity contribution in [2.75, 3.05) is 18.0 Å². The van der Waals surface area contributed by atoms with E-state index in [1.807, 2.05) is 30.3 Å². The number of aromatic nitrogens is 1. The van der Waals surface area contributed by atoms with Gasteiger partial charge in [-0.3, -0.25) is 4.79 Å². The smallest absolute Gasteiger partial charge is 0.335 e. The molecule has 8 heteroatoms. The molecule has 0 bridgehead atoms. The molecule has 1 saturated carbocycles. The molecule has 1 aliphatic heterocycles. The molecule has 2 heterocycles. The first-order chi connectivity index (χ1) is 16.4. The molecule has 1 aromatic heterocycles. The third-order valence-corrected chi connectivity index (χ3v) is 6.56. The number of aromatic carboxylic acids is 1. The molecule has 0 radical (unpaired) electrons. The van der Waals surface area contributed by atoms with E-state index in [1.165, 1.54) is 0 Å². The quantitative estimate of drug-likeness (QED) is 0.520. The number of carbonyl (C=O) groups is 2. The molecule has 1 aliphatic carbocycles. The van der Waals surface area contributed by atoms with Crippen molar-refractivity contribution in [2.24, 2.45) is 0 Å². The van der Waals surface area contributed by atoms with Crippen LogP contribution in [0.1, 0.15) is 45.5 Å². The lowest BCUT2D eigenvalue weighted by molar-refractivity contribution is 0.0696. The number of hydrogen-bond acceptors (Lipinski definition) is 5. The van der Waals surface area contributed by atoms with Gasteiger partial charge in [0.15, 0.2) is 0 Å². The number of ether oxygens (including phenoxy) is 1. The van der Waals surface area contributed by atoms with Crippen molar-refractivity contribution >= 4 is 29.3 Å². The number of rotatable bonds is 7. The summed E-state index contributed by atoms with van der Waals surface area (Å²) in [6.45, 7) is 1.33. The zero-order chi connectivity index (χ0) is 23.7. The Hall–Kier alpha value is -3.58. The second-order valence-corrected chi connectivity index (χ2v) is 9.17. The van der Waals surface area contributed by atoms with Crippen molar-refractivity contribution in [3.05, 3.63) is 88.6 Å². The van der Waals surface area contributed by atoms with Crippen LogP contribution in [0.5, 0.6) is 5.75 Å². The maximum absolute atomic E-state index is 13.4. The summed E-state index contributed by atoms with van der Waals surface area (Å²) in [4.78, 5) is 31.1. The van der Waals surface area contributed by atoms with E-state index in [0.29, 0.717) is 29.5 Å². The summed E-state index contributed by atoms with van der Waals surface area (Å²) in [7, 11) is 0. The molecule has 1 saturated heterocycles. The molecule has 1 atom stereocenters. The van der Waals surface area contributed by atoms with Gasteiger partial charge in [0.2, 0.25) is 0 Å². The van der Waals surface area contributed by atoms with Gasteiger partial charge in [0.05, 0.1) is 28.2 Å². The zero-order valence-electron chi connectivity index (χ0n) is 18.4. The van der Waals surface area contributed by atoms with Crippen LogP contribution in [0.2, 0.25) is 5.02 Å². The number of anilines is 1. The van der Waals surface area contributed by atoms with Crippen molar-refractivity contribution in [3.8, 4) is 5.75 Å². The fraction of sp³-hybridized carbons (Fsp3) is 0.269. The van der Waals surface area contributed by atoms with Crippen molar-refractivity contribution < 1.29 is 19.4 Å². The Balaban J connectivity index is 1.33. The largest absolute Gasteiger partial charge is 0.489 e. The molecular weight excluding hydrogens is 454 g/mol. The van der Waals surface area contributed by atoms with Crippen LogP contribution < -0.4 is 15.0 Å². The number of carboxylic acids is 1. The molecule has 34 heavy (non-hydrogen) atoms. The Labute approximate surface area is 202 Å². The Morgan fingerprint density at radius 1 is 1.12 bits per heavy atom. The summed E-state index contributed by atoms with van der Waals surface area (Å²) in [6, 6.07) is 18.0. The summed E-state index contributed by atoms with van der Waals surface area (Å²) in [5, 5.41) is 12.7. The van der Waals surface area contributed by atoms with Crippen LogP contribution in [0, 0.1) is 0 Å². The van der Waals surface area contributed by atoms with Gasteiger partial charge in [0, 0.05) is 19.2 Å². The van der Waals surface area contributed by atoms with E-state index in [2.05, 4.69) is 15.2 Å². The highest BCUT2D eigenvalue weighted by atomic mass is 35.5. The van der Waals surface area contributed by atoms with Crippen molar-refractivity contribution in [1.29, 1.82) is 0 Å². The molecule has 2 N–H and O–H groups in total. The normalized spacial score (nSPS) is 18.4. The lowest BCUT2D eigenvalue weighted by Gasteiger charge is -2.23. The van der Waals surface area contributed by atoms with E-state index in [0.717, 1.165) is 30.6 Å². The fourth-order valence-corrected chi connectivity index (χ4v) is 4.54. The number of carboxylic acid groups (broad SMARTS) is 1. The van der Waals surface area contributed by atoms with Gasteiger partial charge in [0.1, 0.15) is 17.7 Å². The lowest BCUT2D eigenvalue weighted by Crippen LogP contribution is -2.36. The highest BCUT2D eigenvalue weighted by Crippen LogP contribution is 2.46. The lowest BCUT2D eigenvalue weighted by atomic mass is 10.0. The van der Waals surface area contributed by atoms with Crippen LogP contribution in [0.15, 0.2) is 66.9 Å². The highest BCUT2D eigenvalue weighted by molar-refractivity contribution is 6.31. The number of amides is 1. The Morgan fingerprint density at radius 3 is 2.53 bits per heavy atom. The first kappa shape index (κ1) is 22.2. The van der Waals surface area contributed by atoms with Gasteiger partial charge in [-0.2, -0.15) is 0 Å². The highest BCUT2D eigenvalue weighted by Gasteiger charge is 2.46. The second-order valence-electron chi connectivity index (χ2n) is 8.73. The number of nitrogens with one attached hydrogen (secondary N) is 1. The third kappa shape index (κ3) is 4.56. The molecular formula is C26H24ClN3O4. The average Bonchev–Trinajstić information content (AvgIpc) is 3.48. The van der Waals surface area contributed by atoms with Gasteiger partial charge in [-0.25, -0.2) is 9.78 Å². The number of benzene rings is 2. The Bertz CT molecular complexity index is 1210. The summed E-state index contributed by atoms with van der Waals surface area (Å²) >= 11 is 6.21. The van der Waals surface area contributed by atoms with E-state index in [4.69, 9.17) is 21.4 Å². The van der Waals surface area contributed by atoms with Crippen LogP contribution in [-0.4, -0.2) is 41.2 Å². The molecule has 2 fully saturated rings. The number of para-hydroxylation sites is 1. The van der Waals surface area contributed by atoms with E-state index >= 15 is 0 Å². The van der Waals surface area contributed by atoms with E-state index in [-0.39, 0.29) is 17.6 Å². The molecule has 0 spiro atoms. The maximum Gasteiger partial charge on any atom is 0.335 e. The van der Waals surface area contributed by atoms with Crippen LogP contribution in [-0.2, 0) is 5.54 Å². The van der Waals surface area contributed by atoms with Gasteiger partial charge in [-0.05, 0) is 48.7 Å². The first-order valence-corrected chi connectivity index (χ1v) is 11.6. The van der Waals surface area contributed by atoms with E-state index in [1.54, 1.807) is 36.5 Å². The average molecular weight is 478 g/mol. The monoisotopic (exact) mass is 477 g/mol. The van der Waals surface area contributed by atoms with Crippen LogP contribution in [0.4, 0.5) is 5.82 Å². The molecule has 7 nitrogen and oxygen atoms in total. The number of carbonyl (C=O) groups excluding carboxylic acids is 1. The summed E-state index contributed by atoms with van der Waals surface area (Å²) < 4.78 is 6.09. The van der Waals surface area contributed by atoms with Crippen molar-refractivity contribution in [2.45, 2.75) is 30.9 Å². The molecule has 174 valence electrons. The Morgan fingerprint density at radius 2 is 1.85 bits per heavy atom. The second kappa shape index (κ2) is 8.99. The first-order valence-electron chi connectivity index (χ1n) is 11.2. The minimum atomic E-state index is -0.977. The Kier molecular flexibility index (Phi) is 5.87. The summed E-state index contributed by atoms with van der Waals surface area (Å²) in [5.41, 5.74) is 1.02. The predicted octanol–water partition coefficient (Wildman–Crippen LogP) is 4.51. The van der Waals surface area contributed by atoms with Gasteiger partial charge >= 0.3 is 5.97 Å². The van der Waals surface area contributed by atoms with Crippen molar-refractivity contribution in [3.63, 3.8) is 0 Å². The number of nitrogens with zero attached hydrogens (tertiary/aromatic N) is 2. The van der Waals surface area contributed by atoms with Crippen molar-refractivity contribution in [1.82, 2.24) is 10.3 Å². The molecule has 2 aromatic carbocycles. The minimum Gasteiger partial charge on any atom is -0.489 e. The number of hydrogen-bond donors (Lipinski definition) is 2. The van der Waals surface area contributed by atoms with Crippen LogP contribution >= 0.6 is 11.6 Å². The number of pyridine rings is 1. The molecule has 1 unspecified atom stereocenters. The molecule has 5 rings (SSSR count). The SMILES string of the molecule is O=C(O)c1ccc(C2(NC(=O)c3cc(Cl)cnc3N3CCC(Oc4ccccc4)C3)CC2)cc1. The molecule has 2 aliphatic rings. The van der Waals surface area contributed by atoms with E-state index in [9.17, 15) is 9.59 Å². The van der Waals surface area contributed by atoms with Gasteiger partial charge < -0.3 is 20.1 Å². The molecule has 1 amide bonds. The number of halogens is 1. The standard InChI is InChI=1S/C26H24ClN3O4/c27-19-14-22(24(31)29-26(11-12-26)18-8-6-17(7-9-18)25(32)33)23(28-15-19)30-13-10-21(16-30)34-20-4-2-1-3-5-20/h1-9,14-15,21H,10-13,16H2,(H,29,31)(H,32,33). The van der Waals surface area contributed by atoms with Crippen LogP contribution in [0.25, 0.3) is 0 Å². The van der Waals surface area contributed by atoms with E-state index < -0.39 is 11.5 Å². The topological polar surface area (TPSA) is 91.8 Å². The van der Waals surface area contributed by atoms with Gasteiger partial charge in [0.25, 0.3) is 5.91 Å². The minimum absolute atomic E-state index is 0.00156. The van der Waals surface area contributed by atoms with Gasteiger partial charge in [-0.15, -0.1) is 0 Å². The van der Waals surface area contributed by atoms with Crippen LogP contribution in [0.3, 0.4) is 0 Å².